The first-order chi connectivity index (χ1) is 5.77. The van der Waals surface area contributed by atoms with Crippen LogP contribution in [0.2, 0.25) is 0 Å². The van der Waals surface area contributed by atoms with Gasteiger partial charge in [0.05, 0.1) is 12.3 Å². The Labute approximate surface area is 73.8 Å². The lowest BCUT2D eigenvalue weighted by molar-refractivity contribution is 0.0566. The van der Waals surface area contributed by atoms with E-state index < -0.39 is 5.97 Å². The SMILES string of the molecule is COC(=O)c1ccc(N=C=S)o1. The van der Waals surface area contributed by atoms with Crippen LogP contribution in [0.5, 0.6) is 0 Å². The molecule has 1 aromatic rings. The van der Waals surface area contributed by atoms with Crippen molar-refractivity contribution < 1.29 is 13.9 Å². The molecule has 0 fully saturated rings. The zero-order chi connectivity index (χ0) is 8.97. The molecule has 0 atom stereocenters. The van der Waals surface area contributed by atoms with Gasteiger partial charge >= 0.3 is 5.97 Å². The summed E-state index contributed by atoms with van der Waals surface area (Å²) < 4.78 is 9.31. The number of thiocarbonyl (C=S) groups is 1. The number of furan rings is 1. The Morgan fingerprint density at radius 3 is 3.08 bits per heavy atom. The number of nitrogens with zero attached hydrogens (tertiary/aromatic N) is 1. The van der Waals surface area contributed by atoms with Gasteiger partial charge in [0.1, 0.15) is 0 Å². The quantitative estimate of drug-likeness (QED) is 0.398. The van der Waals surface area contributed by atoms with Gasteiger partial charge in [-0.2, -0.15) is 4.99 Å². The maximum atomic E-state index is 10.8. The molecule has 0 spiro atoms. The number of esters is 1. The zero-order valence-corrected chi connectivity index (χ0v) is 7.05. The van der Waals surface area contributed by atoms with Crippen LogP contribution in [0.3, 0.4) is 0 Å². The van der Waals surface area contributed by atoms with Gasteiger partial charge < -0.3 is 9.15 Å². The summed E-state index contributed by atoms with van der Waals surface area (Å²) >= 11 is 4.34. The van der Waals surface area contributed by atoms with Crippen molar-refractivity contribution in [1.29, 1.82) is 0 Å². The number of aliphatic imine (C=N–C) groups is 1. The van der Waals surface area contributed by atoms with Crippen molar-refractivity contribution in [3.63, 3.8) is 0 Å². The van der Waals surface area contributed by atoms with Crippen LogP contribution in [-0.4, -0.2) is 18.2 Å². The lowest BCUT2D eigenvalue weighted by Crippen LogP contribution is -1.97. The van der Waals surface area contributed by atoms with E-state index in [4.69, 9.17) is 4.42 Å². The summed E-state index contributed by atoms with van der Waals surface area (Å²) in [4.78, 5) is 14.4. The number of hydrogen-bond donors (Lipinski definition) is 0. The van der Waals surface area contributed by atoms with Gasteiger partial charge in [0.15, 0.2) is 0 Å². The molecule has 62 valence electrons. The molecule has 0 aliphatic heterocycles. The minimum Gasteiger partial charge on any atom is -0.463 e. The molecule has 0 saturated heterocycles. The summed E-state index contributed by atoms with van der Waals surface area (Å²) in [5, 5.41) is 2.12. The van der Waals surface area contributed by atoms with Crippen molar-refractivity contribution in [2.45, 2.75) is 0 Å². The second-order valence-corrected chi connectivity index (χ2v) is 2.02. The molecular formula is C7H5NO3S. The van der Waals surface area contributed by atoms with Gasteiger partial charge in [-0.05, 0) is 18.3 Å². The molecular weight excluding hydrogens is 178 g/mol. The van der Waals surface area contributed by atoms with E-state index in [1.54, 1.807) is 0 Å². The molecule has 1 heterocycles. The number of rotatable bonds is 2. The average Bonchev–Trinajstić information content (AvgIpc) is 2.52. The Bertz CT molecular complexity index is 338. The van der Waals surface area contributed by atoms with Gasteiger partial charge in [0.25, 0.3) is 0 Å². The number of hydrogen-bond acceptors (Lipinski definition) is 5. The molecule has 0 bridgehead atoms. The van der Waals surface area contributed by atoms with Gasteiger partial charge in [-0.3, -0.25) is 0 Å². The van der Waals surface area contributed by atoms with E-state index in [-0.39, 0.29) is 11.6 Å². The molecule has 4 nitrogen and oxygen atoms in total. The highest BCUT2D eigenvalue weighted by Crippen LogP contribution is 2.16. The highest BCUT2D eigenvalue weighted by molar-refractivity contribution is 7.78. The van der Waals surface area contributed by atoms with E-state index in [9.17, 15) is 4.79 Å². The topological polar surface area (TPSA) is 51.8 Å². The molecule has 0 aromatic carbocycles. The third-order valence-electron chi connectivity index (χ3n) is 1.13. The second kappa shape index (κ2) is 3.80. The van der Waals surface area contributed by atoms with Crippen LogP contribution in [0.15, 0.2) is 21.5 Å². The fourth-order valence-electron chi connectivity index (χ4n) is 0.643. The summed E-state index contributed by atoms with van der Waals surface area (Å²) in [6.07, 6.45) is 0. The summed E-state index contributed by atoms with van der Waals surface area (Å²) in [6, 6.07) is 2.96. The van der Waals surface area contributed by atoms with Gasteiger partial charge in [-0.1, -0.05) is 0 Å². The lowest BCUT2D eigenvalue weighted by Gasteiger charge is -1.90. The molecule has 0 saturated carbocycles. The Morgan fingerprint density at radius 1 is 1.75 bits per heavy atom. The Balaban J connectivity index is 2.91. The van der Waals surface area contributed by atoms with Crippen LogP contribution in [0.1, 0.15) is 10.6 Å². The predicted octanol–water partition coefficient (Wildman–Crippen LogP) is 1.80. The minimum atomic E-state index is -0.541. The van der Waals surface area contributed by atoms with Crippen molar-refractivity contribution >= 4 is 29.2 Å². The first kappa shape index (κ1) is 8.64. The minimum absolute atomic E-state index is 0.0986. The molecule has 0 aliphatic rings. The molecule has 1 rings (SSSR count). The summed E-state index contributed by atoms with van der Waals surface area (Å²) in [5.74, 6) is -0.201. The van der Waals surface area contributed by atoms with E-state index in [2.05, 4.69) is 27.1 Å². The summed E-state index contributed by atoms with van der Waals surface area (Å²) in [7, 11) is 1.27. The first-order valence-electron chi connectivity index (χ1n) is 3.04. The maximum absolute atomic E-state index is 10.8. The normalized spacial score (nSPS) is 8.75. The van der Waals surface area contributed by atoms with E-state index >= 15 is 0 Å². The Kier molecular flexibility index (Phi) is 2.74. The fourth-order valence-corrected chi connectivity index (χ4v) is 0.733. The van der Waals surface area contributed by atoms with E-state index in [0.29, 0.717) is 0 Å². The number of carbonyl (C=O) groups excluding carboxylic acids is 1. The highest BCUT2D eigenvalue weighted by Gasteiger charge is 2.09. The van der Waals surface area contributed by atoms with Gasteiger partial charge in [0, 0.05) is 6.07 Å². The standard InChI is InChI=1S/C7H5NO3S/c1-10-7(9)5-2-3-6(11-5)8-4-12/h2-3H,1H3. The second-order valence-electron chi connectivity index (χ2n) is 1.83. The molecule has 0 radical (unpaired) electrons. The lowest BCUT2D eigenvalue weighted by atomic mass is 10.5. The largest absolute Gasteiger partial charge is 0.463 e. The van der Waals surface area contributed by atoms with Crippen LogP contribution in [-0.2, 0) is 4.74 Å². The van der Waals surface area contributed by atoms with Crippen molar-refractivity contribution in [2.75, 3.05) is 7.11 Å². The number of isothiocyanates is 1. The number of ether oxygens (including phenoxy) is 1. The summed E-state index contributed by atoms with van der Waals surface area (Å²) in [6.45, 7) is 0. The van der Waals surface area contributed by atoms with Crippen LogP contribution < -0.4 is 0 Å². The third-order valence-corrected chi connectivity index (χ3v) is 1.23. The van der Waals surface area contributed by atoms with E-state index in [1.165, 1.54) is 19.2 Å². The van der Waals surface area contributed by atoms with E-state index in [1.807, 2.05) is 0 Å². The molecule has 0 unspecified atom stereocenters. The molecule has 0 N–H and O–H groups in total. The molecule has 1 aromatic heterocycles. The van der Waals surface area contributed by atoms with E-state index in [0.717, 1.165) is 0 Å². The van der Waals surface area contributed by atoms with Crippen LogP contribution in [0.4, 0.5) is 5.88 Å². The third kappa shape index (κ3) is 1.78. The summed E-state index contributed by atoms with van der Waals surface area (Å²) in [5.41, 5.74) is 0. The first-order valence-corrected chi connectivity index (χ1v) is 3.45. The smallest absolute Gasteiger partial charge is 0.374 e. The van der Waals surface area contributed by atoms with Crippen molar-refractivity contribution in [1.82, 2.24) is 0 Å². The molecule has 12 heavy (non-hydrogen) atoms. The molecule has 5 heteroatoms. The Hall–Kier alpha value is -1.45. The average molecular weight is 183 g/mol. The van der Waals surface area contributed by atoms with Gasteiger partial charge in [-0.25, -0.2) is 4.79 Å². The number of carbonyl (C=O) groups is 1. The fraction of sp³-hybridized carbons (Fsp3) is 0.143. The Morgan fingerprint density at radius 2 is 2.50 bits per heavy atom. The molecule has 0 amide bonds. The number of methoxy groups -OCH3 is 1. The molecule has 0 aliphatic carbocycles. The monoisotopic (exact) mass is 183 g/mol. The van der Waals surface area contributed by atoms with Crippen LogP contribution >= 0.6 is 12.2 Å². The zero-order valence-electron chi connectivity index (χ0n) is 6.23. The predicted molar refractivity (Wildman–Crippen MR) is 44.7 cm³/mol. The van der Waals surface area contributed by atoms with Crippen molar-refractivity contribution in [2.24, 2.45) is 4.99 Å². The van der Waals surface area contributed by atoms with Crippen molar-refractivity contribution in [3.8, 4) is 0 Å². The maximum Gasteiger partial charge on any atom is 0.374 e. The van der Waals surface area contributed by atoms with Gasteiger partial charge in [0.2, 0.25) is 11.6 Å². The van der Waals surface area contributed by atoms with Crippen LogP contribution in [0.25, 0.3) is 0 Å². The highest BCUT2D eigenvalue weighted by atomic mass is 32.1. The van der Waals surface area contributed by atoms with Crippen LogP contribution in [0, 0.1) is 0 Å². The van der Waals surface area contributed by atoms with Gasteiger partial charge in [-0.15, -0.1) is 0 Å². The van der Waals surface area contributed by atoms with Crippen molar-refractivity contribution in [3.05, 3.63) is 17.9 Å².